The van der Waals surface area contributed by atoms with Crippen LogP contribution in [0, 0.1) is 5.92 Å². The van der Waals surface area contributed by atoms with Crippen LogP contribution < -0.4 is 16.0 Å². The molecule has 0 spiro atoms. The van der Waals surface area contributed by atoms with Gasteiger partial charge in [-0.15, -0.1) is 0 Å². The Kier molecular flexibility index (Phi) is 2.58. The molecular formula is C13H18N2O. The first-order chi connectivity index (χ1) is 7.86. The average Bonchev–Trinajstić information content (AvgIpc) is 3.13. The van der Waals surface area contributed by atoms with E-state index in [2.05, 4.69) is 29.7 Å². The van der Waals surface area contributed by atoms with Gasteiger partial charge in [0.2, 0.25) is 0 Å². The van der Waals surface area contributed by atoms with Crippen molar-refractivity contribution in [2.75, 3.05) is 0 Å². The molecule has 0 amide bonds. The Morgan fingerprint density at radius 1 is 1.12 bits per heavy atom. The van der Waals surface area contributed by atoms with Crippen molar-refractivity contribution in [3.8, 4) is 5.75 Å². The van der Waals surface area contributed by atoms with E-state index in [1.807, 2.05) is 0 Å². The van der Waals surface area contributed by atoms with Crippen LogP contribution >= 0.6 is 0 Å². The smallest absolute Gasteiger partial charge is 0.119 e. The van der Waals surface area contributed by atoms with E-state index >= 15 is 0 Å². The molecule has 0 heterocycles. The van der Waals surface area contributed by atoms with Crippen molar-refractivity contribution in [2.24, 2.45) is 11.8 Å². The summed E-state index contributed by atoms with van der Waals surface area (Å²) in [5.74, 6) is 7.30. The summed E-state index contributed by atoms with van der Waals surface area (Å²) < 4.78 is 5.72. The lowest BCUT2D eigenvalue weighted by molar-refractivity contribution is 0.303. The highest BCUT2D eigenvalue weighted by Crippen LogP contribution is 2.40. The predicted octanol–water partition coefficient (Wildman–Crippen LogP) is 2.14. The summed E-state index contributed by atoms with van der Waals surface area (Å²) >= 11 is 0. The summed E-state index contributed by atoms with van der Waals surface area (Å²) in [6.45, 7) is 0. The largest absolute Gasteiger partial charge is 0.490 e. The highest BCUT2D eigenvalue weighted by Gasteiger charge is 2.31. The van der Waals surface area contributed by atoms with Crippen LogP contribution in [0.5, 0.6) is 5.75 Å². The molecule has 2 saturated carbocycles. The second kappa shape index (κ2) is 4.07. The molecule has 2 aliphatic carbocycles. The molecule has 3 rings (SSSR count). The molecule has 0 bridgehead atoms. The van der Waals surface area contributed by atoms with Gasteiger partial charge in [0.1, 0.15) is 5.75 Å². The number of hydrogen-bond acceptors (Lipinski definition) is 3. The molecule has 1 atom stereocenters. The molecule has 0 saturated heterocycles. The van der Waals surface area contributed by atoms with Gasteiger partial charge in [-0.3, -0.25) is 11.3 Å². The molecule has 1 unspecified atom stereocenters. The molecule has 2 aliphatic rings. The van der Waals surface area contributed by atoms with Crippen LogP contribution in [0.4, 0.5) is 0 Å². The van der Waals surface area contributed by atoms with Gasteiger partial charge in [0.25, 0.3) is 0 Å². The van der Waals surface area contributed by atoms with Crippen LogP contribution in [-0.4, -0.2) is 6.10 Å². The van der Waals surface area contributed by atoms with Crippen molar-refractivity contribution in [3.63, 3.8) is 0 Å². The van der Waals surface area contributed by atoms with E-state index in [-0.39, 0.29) is 0 Å². The van der Waals surface area contributed by atoms with Crippen LogP contribution in [0.1, 0.15) is 37.3 Å². The van der Waals surface area contributed by atoms with Crippen LogP contribution in [0.25, 0.3) is 0 Å². The third-order valence-corrected chi connectivity index (χ3v) is 3.34. The van der Waals surface area contributed by atoms with Gasteiger partial charge in [-0.1, -0.05) is 12.1 Å². The van der Waals surface area contributed by atoms with Gasteiger partial charge >= 0.3 is 0 Å². The Bertz CT molecular complexity index is 355. The monoisotopic (exact) mass is 218 g/mol. The van der Waals surface area contributed by atoms with Gasteiger partial charge in [0, 0.05) is 6.04 Å². The Hall–Kier alpha value is -1.06. The summed E-state index contributed by atoms with van der Waals surface area (Å²) in [6, 6.07) is 8.68. The van der Waals surface area contributed by atoms with Gasteiger partial charge < -0.3 is 4.74 Å². The zero-order valence-corrected chi connectivity index (χ0v) is 9.36. The van der Waals surface area contributed by atoms with Crippen LogP contribution in [0.15, 0.2) is 24.3 Å². The number of ether oxygens (including phenoxy) is 1. The van der Waals surface area contributed by atoms with Gasteiger partial charge in [-0.05, 0) is 49.3 Å². The maximum Gasteiger partial charge on any atom is 0.119 e. The summed E-state index contributed by atoms with van der Waals surface area (Å²) in [5.41, 5.74) is 4.18. The van der Waals surface area contributed by atoms with Crippen molar-refractivity contribution in [1.82, 2.24) is 5.43 Å². The normalized spacial score (nSPS) is 21.8. The van der Waals surface area contributed by atoms with E-state index in [0.29, 0.717) is 12.1 Å². The highest BCUT2D eigenvalue weighted by atomic mass is 16.5. The molecule has 3 N–H and O–H groups in total. The molecule has 86 valence electrons. The van der Waals surface area contributed by atoms with E-state index < -0.39 is 0 Å². The number of rotatable bonds is 5. The SMILES string of the molecule is NNC(c1ccc(OC2CC2)cc1)C1CC1. The molecule has 3 nitrogen and oxygen atoms in total. The van der Waals surface area contributed by atoms with Gasteiger partial charge in [-0.25, -0.2) is 0 Å². The van der Waals surface area contributed by atoms with Crippen molar-refractivity contribution in [2.45, 2.75) is 37.8 Å². The fraction of sp³-hybridized carbons (Fsp3) is 0.538. The number of nitrogens with two attached hydrogens (primary N) is 1. The van der Waals surface area contributed by atoms with Gasteiger partial charge in [0.05, 0.1) is 6.10 Å². The lowest BCUT2D eigenvalue weighted by atomic mass is 10.0. The zero-order chi connectivity index (χ0) is 11.0. The first-order valence-electron chi connectivity index (χ1n) is 6.09. The lowest BCUT2D eigenvalue weighted by Crippen LogP contribution is -2.29. The second-order valence-corrected chi connectivity index (χ2v) is 4.87. The predicted molar refractivity (Wildman–Crippen MR) is 62.9 cm³/mol. The van der Waals surface area contributed by atoms with Crippen molar-refractivity contribution in [3.05, 3.63) is 29.8 Å². The molecule has 1 aromatic rings. The first kappa shape index (κ1) is 10.1. The third kappa shape index (κ3) is 2.20. The number of nitrogens with one attached hydrogen (secondary N) is 1. The fourth-order valence-corrected chi connectivity index (χ4v) is 2.07. The Labute approximate surface area is 95.9 Å². The lowest BCUT2D eigenvalue weighted by Gasteiger charge is -2.15. The number of hydrazine groups is 1. The molecule has 1 aromatic carbocycles. The van der Waals surface area contributed by atoms with E-state index in [4.69, 9.17) is 10.6 Å². The molecule has 0 radical (unpaired) electrons. The third-order valence-electron chi connectivity index (χ3n) is 3.34. The maximum atomic E-state index is 5.72. The zero-order valence-electron chi connectivity index (χ0n) is 9.36. The molecule has 0 aliphatic heterocycles. The number of benzene rings is 1. The summed E-state index contributed by atoms with van der Waals surface area (Å²) in [7, 11) is 0. The Balaban J connectivity index is 1.69. The highest BCUT2D eigenvalue weighted by molar-refractivity contribution is 5.30. The van der Waals surface area contributed by atoms with Crippen LogP contribution in [0.3, 0.4) is 0 Å². The number of hydrogen-bond donors (Lipinski definition) is 2. The fourth-order valence-electron chi connectivity index (χ4n) is 2.07. The molecule has 16 heavy (non-hydrogen) atoms. The maximum absolute atomic E-state index is 5.72. The first-order valence-corrected chi connectivity index (χ1v) is 6.09. The Morgan fingerprint density at radius 2 is 1.81 bits per heavy atom. The van der Waals surface area contributed by atoms with Crippen molar-refractivity contribution >= 4 is 0 Å². The van der Waals surface area contributed by atoms with E-state index in [1.165, 1.54) is 31.2 Å². The molecule has 3 heteroatoms. The summed E-state index contributed by atoms with van der Waals surface area (Å²) in [4.78, 5) is 0. The van der Waals surface area contributed by atoms with E-state index in [1.54, 1.807) is 0 Å². The Morgan fingerprint density at radius 3 is 2.31 bits per heavy atom. The minimum Gasteiger partial charge on any atom is -0.490 e. The minimum absolute atomic E-state index is 0.315. The van der Waals surface area contributed by atoms with E-state index in [0.717, 1.165) is 11.7 Å². The molecule has 2 fully saturated rings. The topological polar surface area (TPSA) is 47.3 Å². The second-order valence-electron chi connectivity index (χ2n) is 4.87. The van der Waals surface area contributed by atoms with Crippen LogP contribution in [0.2, 0.25) is 0 Å². The van der Waals surface area contributed by atoms with E-state index in [9.17, 15) is 0 Å². The van der Waals surface area contributed by atoms with Crippen molar-refractivity contribution in [1.29, 1.82) is 0 Å². The summed E-state index contributed by atoms with van der Waals surface area (Å²) in [6.07, 6.45) is 5.45. The minimum atomic E-state index is 0.315. The average molecular weight is 218 g/mol. The quantitative estimate of drug-likeness (QED) is 0.588. The van der Waals surface area contributed by atoms with Gasteiger partial charge in [0.15, 0.2) is 0 Å². The van der Waals surface area contributed by atoms with Crippen molar-refractivity contribution < 1.29 is 4.74 Å². The molecular weight excluding hydrogens is 200 g/mol. The van der Waals surface area contributed by atoms with Gasteiger partial charge in [-0.2, -0.15) is 0 Å². The molecule has 0 aromatic heterocycles. The summed E-state index contributed by atoms with van der Waals surface area (Å²) in [5, 5.41) is 0. The van der Waals surface area contributed by atoms with Crippen LogP contribution in [-0.2, 0) is 0 Å². The standard InChI is InChI=1S/C13H18N2O/c14-15-13(9-1-2-9)10-3-5-11(6-4-10)16-12-7-8-12/h3-6,9,12-13,15H,1-2,7-8,14H2.